The molecular weight excluding hydrogens is 389 g/mol. The number of nitrogens with zero attached hydrogens (tertiary/aromatic N) is 2. The van der Waals surface area contributed by atoms with Crippen molar-refractivity contribution in [2.24, 2.45) is 0 Å². The molecule has 0 aliphatic carbocycles. The number of rotatable bonds is 6. The van der Waals surface area contributed by atoms with Gasteiger partial charge >= 0.3 is 0 Å². The van der Waals surface area contributed by atoms with Crippen LogP contribution in [0.3, 0.4) is 0 Å². The number of amides is 1. The van der Waals surface area contributed by atoms with Gasteiger partial charge in [-0.05, 0) is 29.0 Å². The summed E-state index contributed by atoms with van der Waals surface area (Å²) in [5, 5.41) is 4.08. The second kappa shape index (κ2) is 8.47. The van der Waals surface area contributed by atoms with Crippen molar-refractivity contribution in [2.75, 3.05) is 39.8 Å². The molecule has 1 aromatic carbocycles. The highest BCUT2D eigenvalue weighted by molar-refractivity contribution is 7.89. The van der Waals surface area contributed by atoms with E-state index in [4.69, 9.17) is 0 Å². The predicted molar refractivity (Wildman–Crippen MR) is 102 cm³/mol. The summed E-state index contributed by atoms with van der Waals surface area (Å²) in [5.74, 6) is -0.750. The number of halogens is 1. The van der Waals surface area contributed by atoms with Gasteiger partial charge in [0.25, 0.3) is 5.91 Å². The normalized spacial score (nSPS) is 17.0. The number of hydrogen-bond acceptors (Lipinski definition) is 4. The average Bonchev–Trinajstić information content (AvgIpc) is 3.14. The second-order valence-electron chi connectivity index (χ2n) is 6.66. The van der Waals surface area contributed by atoms with Gasteiger partial charge in [0, 0.05) is 31.7 Å². The minimum atomic E-state index is -3.88. The van der Waals surface area contributed by atoms with E-state index in [1.165, 1.54) is 28.1 Å². The fraction of sp³-hybridized carbons (Fsp3) is 0.389. The van der Waals surface area contributed by atoms with Crippen molar-refractivity contribution in [1.82, 2.24) is 9.21 Å². The lowest BCUT2D eigenvalue weighted by Crippen LogP contribution is -3.08. The summed E-state index contributed by atoms with van der Waals surface area (Å²) in [6, 6.07) is 7.41. The van der Waals surface area contributed by atoms with E-state index in [9.17, 15) is 17.6 Å². The van der Waals surface area contributed by atoms with E-state index in [0.717, 1.165) is 17.5 Å². The van der Waals surface area contributed by atoms with Gasteiger partial charge in [0.1, 0.15) is 17.3 Å². The Morgan fingerprint density at radius 2 is 1.89 bits per heavy atom. The fourth-order valence-electron chi connectivity index (χ4n) is 3.15. The van der Waals surface area contributed by atoms with Crippen LogP contribution in [-0.4, -0.2) is 63.3 Å². The van der Waals surface area contributed by atoms with E-state index in [1.54, 1.807) is 16.2 Å². The third kappa shape index (κ3) is 4.73. The number of hydrogen-bond donors (Lipinski definition) is 1. The van der Waals surface area contributed by atoms with E-state index in [-0.39, 0.29) is 23.9 Å². The topological polar surface area (TPSA) is 62.1 Å². The molecular formula is C18H23FN3O3S2+. The van der Waals surface area contributed by atoms with Gasteiger partial charge in [0.05, 0.1) is 7.05 Å². The maximum Gasteiger partial charge on any atom is 0.277 e. The maximum atomic E-state index is 13.9. The Morgan fingerprint density at radius 1 is 1.19 bits per heavy atom. The van der Waals surface area contributed by atoms with E-state index in [2.05, 4.69) is 5.38 Å². The number of quaternary nitrogens is 1. The molecule has 0 spiro atoms. The molecule has 146 valence electrons. The number of sulfonamides is 1. The number of piperazine rings is 1. The number of nitrogens with one attached hydrogen (secondary N) is 1. The van der Waals surface area contributed by atoms with E-state index in [1.807, 2.05) is 18.5 Å². The lowest BCUT2D eigenvalue weighted by Gasteiger charge is -2.34. The highest BCUT2D eigenvalue weighted by Crippen LogP contribution is 2.20. The highest BCUT2D eigenvalue weighted by Gasteiger charge is 2.32. The van der Waals surface area contributed by atoms with Crippen molar-refractivity contribution in [1.29, 1.82) is 0 Å². The van der Waals surface area contributed by atoms with E-state index in [0.29, 0.717) is 19.6 Å². The summed E-state index contributed by atoms with van der Waals surface area (Å²) < 4.78 is 40.4. The highest BCUT2D eigenvalue weighted by atomic mass is 32.2. The Bertz CT molecular complexity index is 879. The third-order valence-electron chi connectivity index (χ3n) is 4.58. The van der Waals surface area contributed by atoms with Crippen LogP contribution in [0.25, 0.3) is 0 Å². The summed E-state index contributed by atoms with van der Waals surface area (Å²) >= 11 is 1.63. The lowest BCUT2D eigenvalue weighted by atomic mass is 10.3. The van der Waals surface area contributed by atoms with Gasteiger partial charge in [-0.2, -0.15) is 15.6 Å². The first-order valence-corrected chi connectivity index (χ1v) is 11.1. The number of thiophene rings is 1. The summed E-state index contributed by atoms with van der Waals surface area (Å²) in [6.45, 7) is 2.11. The van der Waals surface area contributed by atoms with Gasteiger partial charge in [-0.15, -0.1) is 0 Å². The molecule has 1 amide bonds. The minimum Gasteiger partial charge on any atom is -0.335 e. The van der Waals surface area contributed by atoms with Gasteiger partial charge in [0.15, 0.2) is 6.54 Å². The van der Waals surface area contributed by atoms with Crippen molar-refractivity contribution in [3.8, 4) is 0 Å². The summed E-state index contributed by atoms with van der Waals surface area (Å²) in [7, 11) is -1.92. The van der Waals surface area contributed by atoms with Gasteiger partial charge in [-0.25, -0.2) is 12.8 Å². The van der Waals surface area contributed by atoms with Crippen molar-refractivity contribution in [2.45, 2.75) is 11.4 Å². The molecule has 0 saturated carbocycles. The monoisotopic (exact) mass is 412 g/mol. The number of carbonyl (C=O) groups excluding carboxylic acids is 1. The Labute approximate surface area is 162 Å². The van der Waals surface area contributed by atoms with Crippen LogP contribution in [0.4, 0.5) is 4.39 Å². The molecule has 3 rings (SSSR count). The average molecular weight is 413 g/mol. The number of benzene rings is 1. The van der Waals surface area contributed by atoms with Crippen molar-refractivity contribution >= 4 is 27.3 Å². The van der Waals surface area contributed by atoms with E-state index < -0.39 is 15.8 Å². The molecule has 0 bridgehead atoms. The second-order valence-corrected chi connectivity index (χ2v) is 9.34. The van der Waals surface area contributed by atoms with Crippen LogP contribution in [-0.2, 0) is 21.4 Å². The molecule has 6 nitrogen and oxygen atoms in total. The Balaban J connectivity index is 1.55. The molecule has 1 aliphatic heterocycles. The Kier molecular flexibility index (Phi) is 6.25. The fourth-order valence-corrected chi connectivity index (χ4v) is 5.30. The first-order chi connectivity index (χ1) is 12.9. The molecule has 0 radical (unpaired) electrons. The van der Waals surface area contributed by atoms with Crippen LogP contribution in [0.5, 0.6) is 0 Å². The Hall–Kier alpha value is -1.81. The number of carbonyl (C=O) groups is 1. The molecule has 2 aromatic rings. The van der Waals surface area contributed by atoms with Crippen LogP contribution in [0.15, 0.2) is 46.0 Å². The first kappa shape index (κ1) is 19.9. The predicted octanol–water partition coefficient (Wildman–Crippen LogP) is 0.435. The summed E-state index contributed by atoms with van der Waals surface area (Å²) in [6.07, 6.45) is 0. The maximum absolute atomic E-state index is 13.9. The molecule has 2 heterocycles. The first-order valence-electron chi connectivity index (χ1n) is 8.73. The molecule has 9 heteroatoms. The zero-order valence-corrected chi connectivity index (χ0v) is 16.7. The zero-order chi connectivity index (χ0) is 19.4. The molecule has 1 N–H and O–H groups in total. The third-order valence-corrected chi connectivity index (χ3v) is 7.25. The lowest BCUT2D eigenvalue weighted by molar-refractivity contribution is -0.885. The van der Waals surface area contributed by atoms with Crippen LogP contribution in [0.2, 0.25) is 0 Å². The van der Waals surface area contributed by atoms with Gasteiger partial charge in [-0.1, -0.05) is 12.1 Å². The standard InChI is InChI=1S/C18H22FN3O3S2/c1-20(12-15-6-11-26-14-15)13-18(23)21-7-9-22(10-8-21)27(24,25)17-5-3-2-4-16(17)19/h2-6,11,14H,7-10,12-13H2,1H3/p+1. The van der Waals surface area contributed by atoms with Crippen molar-refractivity contribution < 1.29 is 22.5 Å². The summed E-state index contributed by atoms with van der Waals surface area (Å²) in [4.78, 5) is 15.0. The van der Waals surface area contributed by atoms with Crippen LogP contribution >= 0.6 is 11.3 Å². The largest absolute Gasteiger partial charge is 0.335 e. The quantitative estimate of drug-likeness (QED) is 0.749. The van der Waals surface area contributed by atoms with Gasteiger partial charge in [0.2, 0.25) is 10.0 Å². The Morgan fingerprint density at radius 3 is 2.52 bits per heavy atom. The molecule has 1 fully saturated rings. The SMILES string of the molecule is C[NH+](CC(=O)N1CCN(S(=O)(=O)c2ccccc2F)CC1)Cc1ccsc1. The van der Waals surface area contributed by atoms with Crippen LogP contribution < -0.4 is 4.90 Å². The van der Waals surface area contributed by atoms with Gasteiger partial charge in [-0.3, -0.25) is 4.79 Å². The molecule has 1 atom stereocenters. The zero-order valence-electron chi connectivity index (χ0n) is 15.1. The molecule has 1 saturated heterocycles. The van der Waals surface area contributed by atoms with Crippen molar-refractivity contribution in [3.63, 3.8) is 0 Å². The van der Waals surface area contributed by atoms with Gasteiger partial charge < -0.3 is 9.80 Å². The molecule has 1 unspecified atom stereocenters. The minimum absolute atomic E-state index is 0.00525. The van der Waals surface area contributed by atoms with Crippen LogP contribution in [0, 0.1) is 5.82 Å². The molecule has 27 heavy (non-hydrogen) atoms. The van der Waals surface area contributed by atoms with Crippen molar-refractivity contribution in [3.05, 3.63) is 52.5 Å². The number of likely N-dealkylation sites (N-methyl/N-ethyl adjacent to an activating group) is 1. The molecule has 1 aromatic heterocycles. The van der Waals surface area contributed by atoms with Crippen LogP contribution in [0.1, 0.15) is 5.56 Å². The van der Waals surface area contributed by atoms with E-state index >= 15 is 0 Å². The summed E-state index contributed by atoms with van der Waals surface area (Å²) in [5.41, 5.74) is 1.20. The smallest absolute Gasteiger partial charge is 0.277 e. The molecule has 1 aliphatic rings.